The van der Waals surface area contributed by atoms with Gasteiger partial charge in [-0.05, 0) is 24.6 Å². The lowest BCUT2D eigenvalue weighted by atomic mass is 10.2. The molecular weight excluding hydrogens is 316 g/mol. The molecule has 1 N–H and O–H groups in total. The molecule has 0 aliphatic heterocycles. The van der Waals surface area contributed by atoms with Gasteiger partial charge in [-0.2, -0.15) is 8.42 Å². The van der Waals surface area contributed by atoms with Crippen molar-refractivity contribution in [2.45, 2.75) is 11.9 Å². The number of hydrogen-bond acceptors (Lipinski definition) is 4. The van der Waals surface area contributed by atoms with E-state index in [-0.39, 0.29) is 5.03 Å². The smallest absolute Gasteiger partial charge is 0.278 e. The minimum Gasteiger partial charge on any atom is -0.278 e. The Balaban J connectivity index is 2.05. The second-order valence-electron chi connectivity index (χ2n) is 4.70. The van der Waals surface area contributed by atoms with Crippen molar-refractivity contribution in [1.29, 1.82) is 0 Å². The molecule has 4 nitrogen and oxygen atoms in total. The van der Waals surface area contributed by atoms with Gasteiger partial charge in [0, 0.05) is 5.69 Å². The molecule has 0 aliphatic carbocycles. The average molecular weight is 330 g/mol. The van der Waals surface area contributed by atoms with Gasteiger partial charge in [-0.3, -0.25) is 4.72 Å². The first-order valence-corrected chi connectivity index (χ1v) is 8.97. The second kappa shape index (κ2) is 5.90. The Morgan fingerprint density at radius 1 is 0.955 bits per heavy atom. The van der Waals surface area contributed by atoms with E-state index in [0.717, 1.165) is 5.56 Å². The molecule has 0 unspecified atom stereocenters. The summed E-state index contributed by atoms with van der Waals surface area (Å²) in [6.45, 7) is 1.80. The van der Waals surface area contributed by atoms with Crippen LogP contribution in [0.15, 0.2) is 65.7 Å². The van der Waals surface area contributed by atoms with Crippen LogP contribution >= 0.6 is 11.3 Å². The number of nitrogens with one attached hydrogen (secondary N) is 1. The van der Waals surface area contributed by atoms with E-state index in [1.807, 2.05) is 36.4 Å². The van der Waals surface area contributed by atoms with E-state index < -0.39 is 10.0 Å². The van der Waals surface area contributed by atoms with Gasteiger partial charge in [-0.15, -0.1) is 11.3 Å². The number of thiazole rings is 1. The standard InChI is InChI=1S/C16H14N2O2S2/c1-12-17-16(15(21-12)13-8-4-2-5-9-13)22(19,20)18-14-10-6-3-7-11-14/h2-11,18H,1H3. The Hall–Kier alpha value is -2.18. The molecule has 2 aromatic carbocycles. The molecule has 3 rings (SSSR count). The van der Waals surface area contributed by atoms with Crippen molar-refractivity contribution < 1.29 is 8.42 Å². The summed E-state index contributed by atoms with van der Waals surface area (Å²) >= 11 is 1.37. The first-order chi connectivity index (χ1) is 10.6. The van der Waals surface area contributed by atoms with Crippen molar-refractivity contribution in [3.05, 3.63) is 65.7 Å². The zero-order valence-electron chi connectivity index (χ0n) is 11.9. The van der Waals surface area contributed by atoms with Crippen LogP contribution in [0.3, 0.4) is 0 Å². The summed E-state index contributed by atoms with van der Waals surface area (Å²) in [5.74, 6) is 0. The number of aryl methyl sites for hydroxylation is 1. The van der Waals surface area contributed by atoms with Crippen molar-refractivity contribution in [1.82, 2.24) is 4.98 Å². The molecule has 0 bridgehead atoms. The summed E-state index contributed by atoms with van der Waals surface area (Å²) in [7, 11) is -3.72. The molecule has 0 amide bonds. The predicted molar refractivity (Wildman–Crippen MR) is 89.5 cm³/mol. The van der Waals surface area contributed by atoms with Gasteiger partial charge in [-0.25, -0.2) is 4.98 Å². The summed E-state index contributed by atoms with van der Waals surface area (Å²) in [4.78, 5) is 4.88. The normalized spacial score (nSPS) is 11.3. The van der Waals surface area contributed by atoms with Gasteiger partial charge in [0.15, 0.2) is 5.03 Å². The largest absolute Gasteiger partial charge is 0.280 e. The third-order valence-electron chi connectivity index (χ3n) is 3.02. The monoisotopic (exact) mass is 330 g/mol. The van der Waals surface area contributed by atoms with Crippen LogP contribution in [-0.2, 0) is 10.0 Å². The van der Waals surface area contributed by atoms with Crippen LogP contribution in [0.4, 0.5) is 5.69 Å². The van der Waals surface area contributed by atoms with Crippen LogP contribution in [0.2, 0.25) is 0 Å². The van der Waals surface area contributed by atoms with Crippen LogP contribution in [0.1, 0.15) is 5.01 Å². The Morgan fingerprint density at radius 2 is 1.55 bits per heavy atom. The van der Waals surface area contributed by atoms with Gasteiger partial charge in [0.1, 0.15) is 0 Å². The number of aromatic nitrogens is 1. The first kappa shape index (κ1) is 14.7. The maximum absolute atomic E-state index is 12.6. The van der Waals surface area contributed by atoms with Gasteiger partial charge in [0.05, 0.1) is 9.88 Å². The topological polar surface area (TPSA) is 59.1 Å². The molecule has 6 heteroatoms. The number of anilines is 1. The van der Waals surface area contributed by atoms with Crippen molar-refractivity contribution in [2.24, 2.45) is 0 Å². The third kappa shape index (κ3) is 3.03. The second-order valence-corrected chi connectivity index (χ2v) is 7.51. The van der Waals surface area contributed by atoms with Gasteiger partial charge in [-0.1, -0.05) is 48.5 Å². The highest BCUT2D eigenvalue weighted by Crippen LogP contribution is 2.33. The Kier molecular flexibility index (Phi) is 3.96. The van der Waals surface area contributed by atoms with Crippen molar-refractivity contribution in [3.63, 3.8) is 0 Å². The molecule has 112 valence electrons. The molecule has 3 aromatic rings. The zero-order valence-corrected chi connectivity index (χ0v) is 13.5. The van der Waals surface area contributed by atoms with Crippen LogP contribution < -0.4 is 4.72 Å². The van der Waals surface area contributed by atoms with Crippen LogP contribution in [0.5, 0.6) is 0 Å². The van der Waals surface area contributed by atoms with Gasteiger partial charge in [0.25, 0.3) is 10.0 Å². The molecule has 0 saturated carbocycles. The van der Waals surface area contributed by atoms with Crippen LogP contribution in [0, 0.1) is 6.92 Å². The quantitative estimate of drug-likeness (QED) is 0.789. The predicted octanol–water partition coefficient (Wildman–Crippen LogP) is 3.92. The van der Waals surface area contributed by atoms with Crippen molar-refractivity contribution >= 4 is 27.0 Å². The molecule has 22 heavy (non-hydrogen) atoms. The van der Waals surface area contributed by atoms with Gasteiger partial charge >= 0.3 is 0 Å². The Labute approximate surface area is 133 Å². The number of benzene rings is 2. The lowest BCUT2D eigenvalue weighted by molar-refractivity contribution is 0.598. The van der Waals surface area contributed by atoms with E-state index in [2.05, 4.69) is 9.71 Å². The highest BCUT2D eigenvalue weighted by Gasteiger charge is 2.24. The molecule has 0 spiro atoms. The minimum atomic E-state index is -3.72. The maximum Gasteiger partial charge on any atom is 0.280 e. The minimum absolute atomic E-state index is 0.0741. The van der Waals surface area contributed by atoms with Crippen LogP contribution in [0.25, 0.3) is 10.4 Å². The molecule has 1 heterocycles. The third-order valence-corrected chi connectivity index (χ3v) is 5.48. The molecule has 1 aromatic heterocycles. The van der Waals surface area contributed by atoms with Crippen LogP contribution in [-0.4, -0.2) is 13.4 Å². The SMILES string of the molecule is Cc1nc(S(=O)(=O)Nc2ccccc2)c(-c2ccccc2)s1. The number of para-hydroxylation sites is 1. The zero-order chi connectivity index (χ0) is 15.6. The highest BCUT2D eigenvalue weighted by atomic mass is 32.2. The summed E-state index contributed by atoms with van der Waals surface area (Å²) in [5.41, 5.74) is 1.37. The van der Waals surface area contributed by atoms with E-state index >= 15 is 0 Å². The maximum atomic E-state index is 12.6. The Morgan fingerprint density at radius 3 is 2.18 bits per heavy atom. The summed E-state index contributed by atoms with van der Waals surface area (Å²) in [6.07, 6.45) is 0. The lowest BCUT2D eigenvalue weighted by Gasteiger charge is -2.07. The Bertz CT molecular complexity index is 873. The molecule has 0 aliphatic rings. The molecular formula is C16H14N2O2S2. The summed E-state index contributed by atoms with van der Waals surface area (Å²) < 4.78 is 27.9. The molecule has 0 atom stereocenters. The summed E-state index contributed by atoms with van der Waals surface area (Å²) in [5, 5.41) is 0.789. The number of rotatable bonds is 4. The van der Waals surface area contributed by atoms with E-state index in [9.17, 15) is 8.42 Å². The fourth-order valence-electron chi connectivity index (χ4n) is 2.07. The summed E-state index contributed by atoms with van der Waals surface area (Å²) in [6, 6.07) is 18.2. The number of hydrogen-bond donors (Lipinski definition) is 1. The fourth-order valence-corrected chi connectivity index (χ4v) is 4.56. The molecule has 0 saturated heterocycles. The van der Waals surface area contributed by atoms with Gasteiger partial charge < -0.3 is 0 Å². The number of sulfonamides is 1. The first-order valence-electron chi connectivity index (χ1n) is 6.67. The van der Waals surface area contributed by atoms with Crippen molar-refractivity contribution in [2.75, 3.05) is 4.72 Å². The molecule has 0 radical (unpaired) electrons. The molecule has 0 fully saturated rings. The average Bonchev–Trinajstić information content (AvgIpc) is 2.92. The lowest BCUT2D eigenvalue weighted by Crippen LogP contribution is -2.14. The van der Waals surface area contributed by atoms with E-state index in [4.69, 9.17) is 0 Å². The van der Waals surface area contributed by atoms with Gasteiger partial charge in [0.2, 0.25) is 0 Å². The van der Waals surface area contributed by atoms with Crippen molar-refractivity contribution in [3.8, 4) is 10.4 Å². The van der Waals surface area contributed by atoms with E-state index in [1.165, 1.54) is 11.3 Å². The fraction of sp³-hybridized carbons (Fsp3) is 0.0625. The highest BCUT2D eigenvalue weighted by molar-refractivity contribution is 7.93. The van der Waals surface area contributed by atoms with E-state index in [0.29, 0.717) is 15.6 Å². The van der Waals surface area contributed by atoms with E-state index in [1.54, 1.807) is 31.2 Å². The number of nitrogens with zero attached hydrogens (tertiary/aromatic N) is 1.